The van der Waals surface area contributed by atoms with Crippen molar-refractivity contribution in [2.75, 3.05) is 20.3 Å². The number of aliphatic hydroxyl groups is 2. The lowest BCUT2D eigenvalue weighted by atomic mass is 10.1. The lowest BCUT2D eigenvalue weighted by Gasteiger charge is -2.16. The van der Waals surface area contributed by atoms with Crippen LogP contribution in [0.4, 0.5) is 0 Å². The van der Waals surface area contributed by atoms with E-state index in [4.69, 9.17) is 9.47 Å². The summed E-state index contributed by atoms with van der Waals surface area (Å²) in [6, 6.07) is 0. The van der Waals surface area contributed by atoms with Gasteiger partial charge in [-0.05, 0) is 0 Å². The lowest BCUT2D eigenvalue weighted by molar-refractivity contribution is -0.128. The average molecular weight is 248 g/mol. The molecule has 98 valence electrons. The third kappa shape index (κ3) is 3.63. The zero-order valence-electron chi connectivity index (χ0n) is 9.33. The number of amides is 2. The monoisotopic (exact) mass is 248 g/mol. The first kappa shape index (κ1) is 13.8. The second kappa shape index (κ2) is 6.50. The van der Waals surface area contributed by atoms with Crippen LogP contribution in [0.15, 0.2) is 0 Å². The van der Waals surface area contributed by atoms with Gasteiger partial charge in [-0.25, -0.2) is 0 Å². The standard InChI is InChI=1S/C9H16N2O6/c1-16-3-5-7(14)8(15)9(17-5)11-6(13)2-10-4-12/h4-5,7-9,14-15H,2-3H2,1H3,(H,10,12)(H,11,13)/t5-,7+,8?,9-/m1/s1. The summed E-state index contributed by atoms with van der Waals surface area (Å²) in [4.78, 5) is 21.2. The van der Waals surface area contributed by atoms with Gasteiger partial charge in [0.1, 0.15) is 18.3 Å². The fourth-order valence-electron chi connectivity index (χ4n) is 1.51. The van der Waals surface area contributed by atoms with Crippen LogP contribution < -0.4 is 10.6 Å². The average Bonchev–Trinajstić information content (AvgIpc) is 2.56. The van der Waals surface area contributed by atoms with Gasteiger partial charge in [0, 0.05) is 7.11 Å². The molecular weight excluding hydrogens is 232 g/mol. The molecule has 0 spiro atoms. The molecule has 1 rings (SSSR count). The zero-order chi connectivity index (χ0) is 12.8. The maximum absolute atomic E-state index is 11.2. The van der Waals surface area contributed by atoms with Gasteiger partial charge in [0.15, 0.2) is 6.23 Å². The molecule has 0 aromatic heterocycles. The van der Waals surface area contributed by atoms with Crippen molar-refractivity contribution < 1.29 is 29.3 Å². The Labute approximate surface area is 97.9 Å². The number of carbonyl (C=O) groups is 2. The quantitative estimate of drug-likeness (QED) is 0.371. The van der Waals surface area contributed by atoms with Gasteiger partial charge in [-0.2, -0.15) is 0 Å². The minimum atomic E-state index is -1.23. The molecule has 0 saturated carbocycles. The smallest absolute Gasteiger partial charge is 0.241 e. The maximum atomic E-state index is 11.2. The molecule has 0 aromatic carbocycles. The summed E-state index contributed by atoms with van der Waals surface area (Å²) in [5, 5.41) is 23.7. The van der Waals surface area contributed by atoms with E-state index in [0.29, 0.717) is 6.41 Å². The summed E-state index contributed by atoms with van der Waals surface area (Å²) in [5.74, 6) is -0.522. The fourth-order valence-corrected chi connectivity index (χ4v) is 1.51. The predicted octanol–water partition coefficient (Wildman–Crippen LogP) is -3.06. The molecule has 1 aliphatic rings. The van der Waals surface area contributed by atoms with Crippen molar-refractivity contribution in [3.63, 3.8) is 0 Å². The van der Waals surface area contributed by atoms with Crippen LogP contribution in [0.5, 0.6) is 0 Å². The molecule has 17 heavy (non-hydrogen) atoms. The first-order valence-electron chi connectivity index (χ1n) is 5.07. The van der Waals surface area contributed by atoms with Gasteiger partial charge in [0.05, 0.1) is 13.2 Å². The minimum Gasteiger partial charge on any atom is -0.387 e. The van der Waals surface area contributed by atoms with Crippen LogP contribution >= 0.6 is 0 Å². The summed E-state index contributed by atoms with van der Waals surface area (Å²) >= 11 is 0. The number of ether oxygens (including phenoxy) is 2. The Bertz CT molecular complexity index is 274. The van der Waals surface area contributed by atoms with Gasteiger partial charge >= 0.3 is 0 Å². The van der Waals surface area contributed by atoms with Crippen molar-refractivity contribution in [2.24, 2.45) is 0 Å². The van der Waals surface area contributed by atoms with Crippen LogP contribution in [0.1, 0.15) is 0 Å². The first-order valence-corrected chi connectivity index (χ1v) is 5.07. The summed E-state index contributed by atoms with van der Waals surface area (Å²) in [7, 11) is 1.43. The number of hydrogen-bond acceptors (Lipinski definition) is 6. The number of nitrogens with one attached hydrogen (secondary N) is 2. The van der Waals surface area contributed by atoms with E-state index in [-0.39, 0.29) is 13.2 Å². The molecule has 4 atom stereocenters. The molecular formula is C9H16N2O6. The number of rotatable bonds is 6. The highest BCUT2D eigenvalue weighted by Crippen LogP contribution is 2.19. The SMILES string of the molecule is COC[C@H]1O[C@@H](NC(=O)CNC=O)C(O)[C@H]1O. The second-order valence-corrected chi connectivity index (χ2v) is 3.60. The van der Waals surface area contributed by atoms with Crippen LogP contribution in [0.2, 0.25) is 0 Å². The number of carbonyl (C=O) groups excluding carboxylic acids is 2. The van der Waals surface area contributed by atoms with E-state index in [1.54, 1.807) is 0 Å². The van der Waals surface area contributed by atoms with Crippen LogP contribution in [-0.4, -0.2) is 67.3 Å². The Morgan fingerprint density at radius 1 is 1.47 bits per heavy atom. The Hall–Kier alpha value is -1.22. The van der Waals surface area contributed by atoms with Crippen molar-refractivity contribution in [2.45, 2.75) is 24.5 Å². The van der Waals surface area contributed by atoms with Crippen LogP contribution in [0.3, 0.4) is 0 Å². The summed E-state index contributed by atoms with van der Waals surface area (Å²) in [6.45, 7) is -0.113. The molecule has 1 saturated heterocycles. The fraction of sp³-hybridized carbons (Fsp3) is 0.778. The molecule has 1 unspecified atom stereocenters. The van der Waals surface area contributed by atoms with E-state index < -0.39 is 30.4 Å². The topological polar surface area (TPSA) is 117 Å². The van der Waals surface area contributed by atoms with Crippen LogP contribution in [0.25, 0.3) is 0 Å². The third-order valence-corrected chi connectivity index (χ3v) is 2.34. The van der Waals surface area contributed by atoms with E-state index in [0.717, 1.165) is 0 Å². The first-order chi connectivity index (χ1) is 8.10. The van der Waals surface area contributed by atoms with Gasteiger partial charge in [0.2, 0.25) is 12.3 Å². The van der Waals surface area contributed by atoms with Crippen molar-refractivity contribution in [1.29, 1.82) is 0 Å². The molecule has 0 bridgehead atoms. The minimum absolute atomic E-state index is 0.108. The molecule has 1 heterocycles. The molecule has 8 heteroatoms. The molecule has 1 aliphatic heterocycles. The highest BCUT2D eigenvalue weighted by Gasteiger charge is 2.43. The van der Waals surface area contributed by atoms with E-state index in [2.05, 4.69) is 10.6 Å². The van der Waals surface area contributed by atoms with Gasteiger partial charge in [-0.1, -0.05) is 0 Å². The Morgan fingerprint density at radius 2 is 2.18 bits per heavy atom. The summed E-state index contributed by atoms with van der Waals surface area (Å²) in [5.41, 5.74) is 0. The number of methoxy groups -OCH3 is 1. The third-order valence-electron chi connectivity index (χ3n) is 2.34. The Morgan fingerprint density at radius 3 is 2.76 bits per heavy atom. The maximum Gasteiger partial charge on any atom is 0.241 e. The van der Waals surface area contributed by atoms with E-state index in [9.17, 15) is 19.8 Å². The van der Waals surface area contributed by atoms with Crippen molar-refractivity contribution >= 4 is 12.3 Å². The van der Waals surface area contributed by atoms with Gasteiger partial charge in [-0.15, -0.1) is 0 Å². The summed E-state index contributed by atoms with van der Waals surface area (Å²) < 4.78 is 10.00. The Kier molecular flexibility index (Phi) is 5.29. The number of hydrogen-bond donors (Lipinski definition) is 4. The molecule has 0 radical (unpaired) electrons. The van der Waals surface area contributed by atoms with Crippen LogP contribution in [-0.2, 0) is 19.1 Å². The van der Waals surface area contributed by atoms with E-state index in [1.807, 2.05) is 0 Å². The van der Waals surface area contributed by atoms with E-state index in [1.165, 1.54) is 7.11 Å². The Balaban J connectivity index is 2.44. The van der Waals surface area contributed by atoms with Crippen molar-refractivity contribution in [3.05, 3.63) is 0 Å². The molecule has 0 aromatic rings. The van der Waals surface area contributed by atoms with Gasteiger partial charge in [0.25, 0.3) is 0 Å². The second-order valence-electron chi connectivity index (χ2n) is 3.60. The normalized spacial score (nSPS) is 32.2. The molecule has 0 aliphatic carbocycles. The number of aliphatic hydroxyl groups excluding tert-OH is 2. The van der Waals surface area contributed by atoms with Crippen LogP contribution in [0, 0.1) is 0 Å². The molecule has 8 nitrogen and oxygen atoms in total. The highest BCUT2D eigenvalue weighted by atomic mass is 16.6. The molecule has 1 fully saturated rings. The van der Waals surface area contributed by atoms with Crippen molar-refractivity contribution in [3.8, 4) is 0 Å². The summed E-state index contributed by atoms with van der Waals surface area (Å²) in [6.07, 6.45) is -3.67. The highest BCUT2D eigenvalue weighted by molar-refractivity contribution is 5.80. The van der Waals surface area contributed by atoms with Crippen molar-refractivity contribution in [1.82, 2.24) is 10.6 Å². The zero-order valence-corrected chi connectivity index (χ0v) is 9.33. The largest absolute Gasteiger partial charge is 0.387 e. The lowest BCUT2D eigenvalue weighted by Crippen LogP contribution is -2.46. The molecule has 4 N–H and O–H groups in total. The van der Waals surface area contributed by atoms with Gasteiger partial charge in [-0.3, -0.25) is 9.59 Å². The molecule has 2 amide bonds. The van der Waals surface area contributed by atoms with Gasteiger partial charge < -0.3 is 30.3 Å². The predicted molar refractivity (Wildman–Crippen MR) is 54.8 cm³/mol. The van der Waals surface area contributed by atoms with E-state index >= 15 is 0 Å².